The Morgan fingerprint density at radius 1 is 1.25 bits per heavy atom. The molecule has 0 fully saturated rings. The van der Waals surface area contributed by atoms with E-state index in [9.17, 15) is 0 Å². The molecule has 0 bridgehead atoms. The van der Waals surface area contributed by atoms with Gasteiger partial charge in [0.15, 0.2) is 0 Å². The summed E-state index contributed by atoms with van der Waals surface area (Å²) in [6.07, 6.45) is 5.75. The van der Waals surface area contributed by atoms with Crippen molar-refractivity contribution in [3.63, 3.8) is 0 Å². The first-order valence-electron chi connectivity index (χ1n) is 6.47. The molecule has 20 heavy (non-hydrogen) atoms. The topological polar surface area (TPSA) is 24.4 Å². The molecule has 0 aliphatic carbocycles. The summed E-state index contributed by atoms with van der Waals surface area (Å²) < 4.78 is 0. The minimum absolute atomic E-state index is 0.0625. The third-order valence-corrected chi connectivity index (χ3v) is 5.12. The third kappa shape index (κ3) is 2.28. The van der Waals surface area contributed by atoms with Gasteiger partial charge in [0.2, 0.25) is 0 Å². The van der Waals surface area contributed by atoms with E-state index >= 15 is 0 Å². The van der Waals surface area contributed by atoms with E-state index < -0.39 is 0 Å². The Kier molecular flexibility index (Phi) is 3.64. The van der Waals surface area contributed by atoms with Crippen LogP contribution in [0.3, 0.4) is 0 Å². The summed E-state index contributed by atoms with van der Waals surface area (Å²) in [7, 11) is 0. The van der Waals surface area contributed by atoms with Crippen LogP contribution in [0.4, 0.5) is 0 Å². The van der Waals surface area contributed by atoms with Crippen LogP contribution in [0.1, 0.15) is 22.0 Å². The van der Waals surface area contributed by atoms with E-state index in [2.05, 4.69) is 36.3 Å². The SMILES string of the molecule is Cc1sc(-c2ccccc2Cl)c(C2C=CNC=N2)c1C. The average Bonchev–Trinajstić information content (AvgIpc) is 2.76. The Bertz CT molecular complexity index is 688. The van der Waals surface area contributed by atoms with E-state index in [0.29, 0.717) is 0 Å². The van der Waals surface area contributed by atoms with Crippen molar-refractivity contribution in [2.24, 2.45) is 4.99 Å². The van der Waals surface area contributed by atoms with Gasteiger partial charge in [-0.25, -0.2) is 0 Å². The van der Waals surface area contributed by atoms with Crippen LogP contribution < -0.4 is 5.32 Å². The van der Waals surface area contributed by atoms with E-state index in [4.69, 9.17) is 11.6 Å². The van der Waals surface area contributed by atoms with Gasteiger partial charge in [0.1, 0.15) is 0 Å². The fourth-order valence-corrected chi connectivity index (χ4v) is 3.91. The van der Waals surface area contributed by atoms with Gasteiger partial charge in [-0.15, -0.1) is 11.3 Å². The highest BCUT2D eigenvalue weighted by Gasteiger charge is 2.22. The standard InChI is InChI=1S/C16H15ClN2S/c1-10-11(2)20-16(12-5-3-4-6-13(12)17)15(10)14-7-8-18-9-19-14/h3-9,14H,1-2H3,(H,18,19). The fraction of sp³-hybridized carbons (Fsp3) is 0.188. The molecule has 0 radical (unpaired) electrons. The first-order chi connectivity index (χ1) is 9.68. The van der Waals surface area contributed by atoms with Crippen LogP contribution in [0, 0.1) is 13.8 Å². The Hall–Kier alpha value is -1.58. The van der Waals surface area contributed by atoms with Crippen molar-refractivity contribution < 1.29 is 0 Å². The maximum absolute atomic E-state index is 6.37. The van der Waals surface area contributed by atoms with Crippen LogP contribution in [0.5, 0.6) is 0 Å². The molecule has 1 aliphatic rings. The monoisotopic (exact) mass is 302 g/mol. The largest absolute Gasteiger partial charge is 0.353 e. The average molecular weight is 303 g/mol. The van der Waals surface area contributed by atoms with Crippen LogP contribution in [0.15, 0.2) is 41.5 Å². The predicted molar refractivity (Wildman–Crippen MR) is 87.7 cm³/mol. The zero-order valence-electron chi connectivity index (χ0n) is 11.4. The molecule has 1 aliphatic heterocycles. The number of aryl methyl sites for hydroxylation is 1. The highest BCUT2D eigenvalue weighted by molar-refractivity contribution is 7.16. The number of benzene rings is 1. The summed E-state index contributed by atoms with van der Waals surface area (Å²) in [5, 5.41) is 3.78. The van der Waals surface area contributed by atoms with Crippen LogP contribution in [0.2, 0.25) is 5.02 Å². The number of halogens is 1. The molecular weight excluding hydrogens is 288 g/mol. The third-order valence-electron chi connectivity index (χ3n) is 3.53. The number of nitrogens with one attached hydrogen (secondary N) is 1. The zero-order chi connectivity index (χ0) is 14.1. The first kappa shape index (κ1) is 13.4. The predicted octanol–water partition coefficient (Wildman–Crippen LogP) is 4.87. The molecule has 3 rings (SSSR count). The molecule has 0 saturated carbocycles. The lowest BCUT2D eigenvalue weighted by atomic mass is 9.98. The van der Waals surface area contributed by atoms with Crippen molar-refractivity contribution in [2.45, 2.75) is 19.9 Å². The van der Waals surface area contributed by atoms with Crippen LogP contribution >= 0.6 is 22.9 Å². The summed E-state index contributed by atoms with van der Waals surface area (Å²) in [5.74, 6) is 0. The molecule has 0 spiro atoms. The summed E-state index contributed by atoms with van der Waals surface area (Å²) in [4.78, 5) is 7.07. The minimum atomic E-state index is 0.0625. The van der Waals surface area contributed by atoms with Gasteiger partial charge in [-0.1, -0.05) is 29.8 Å². The molecule has 102 valence electrons. The van der Waals surface area contributed by atoms with Gasteiger partial charge in [0.05, 0.1) is 12.4 Å². The van der Waals surface area contributed by atoms with Crippen molar-refractivity contribution in [1.82, 2.24) is 5.32 Å². The molecule has 1 aromatic heterocycles. The summed E-state index contributed by atoms with van der Waals surface area (Å²) in [6.45, 7) is 4.31. The number of rotatable bonds is 2. The molecule has 1 aromatic carbocycles. The van der Waals surface area contributed by atoms with Crippen LogP contribution in [0.25, 0.3) is 10.4 Å². The van der Waals surface area contributed by atoms with Crippen molar-refractivity contribution in [3.8, 4) is 10.4 Å². The molecular formula is C16H15ClN2S. The Balaban J connectivity index is 2.19. The van der Waals surface area contributed by atoms with E-state index in [0.717, 1.165) is 10.6 Å². The van der Waals surface area contributed by atoms with Gasteiger partial charge in [0.25, 0.3) is 0 Å². The van der Waals surface area contributed by atoms with Crippen molar-refractivity contribution in [2.75, 3.05) is 0 Å². The molecule has 0 amide bonds. The minimum Gasteiger partial charge on any atom is -0.353 e. The van der Waals surface area contributed by atoms with Crippen LogP contribution in [-0.2, 0) is 0 Å². The normalized spacial score (nSPS) is 17.2. The lowest BCUT2D eigenvalue weighted by molar-refractivity contribution is 0.881. The molecule has 1 atom stereocenters. The van der Waals surface area contributed by atoms with Crippen molar-refractivity contribution in [3.05, 3.63) is 57.6 Å². The van der Waals surface area contributed by atoms with E-state index in [1.165, 1.54) is 20.9 Å². The Labute approximate surface area is 127 Å². The molecule has 2 aromatic rings. The van der Waals surface area contributed by atoms with Crippen LogP contribution in [-0.4, -0.2) is 6.34 Å². The molecule has 4 heteroatoms. The maximum Gasteiger partial charge on any atom is 0.0981 e. The van der Waals surface area contributed by atoms with E-state index in [-0.39, 0.29) is 6.04 Å². The molecule has 1 N–H and O–H groups in total. The van der Waals surface area contributed by atoms with Crippen molar-refractivity contribution in [1.29, 1.82) is 0 Å². The van der Waals surface area contributed by atoms with Gasteiger partial charge in [0, 0.05) is 32.1 Å². The molecule has 0 saturated heterocycles. The number of hydrogen-bond donors (Lipinski definition) is 1. The quantitative estimate of drug-likeness (QED) is 0.840. The highest BCUT2D eigenvalue weighted by atomic mass is 35.5. The maximum atomic E-state index is 6.37. The Morgan fingerprint density at radius 3 is 2.75 bits per heavy atom. The zero-order valence-corrected chi connectivity index (χ0v) is 12.9. The number of aliphatic imine (C=N–C) groups is 1. The molecule has 1 unspecified atom stereocenters. The summed E-state index contributed by atoms with van der Waals surface area (Å²) in [5.41, 5.74) is 3.65. The van der Waals surface area contributed by atoms with Gasteiger partial charge < -0.3 is 5.32 Å². The second-order valence-electron chi connectivity index (χ2n) is 4.75. The van der Waals surface area contributed by atoms with Gasteiger partial charge in [-0.3, -0.25) is 4.99 Å². The fourth-order valence-electron chi connectivity index (χ4n) is 2.38. The first-order valence-corrected chi connectivity index (χ1v) is 7.67. The molecule has 2 heterocycles. The second kappa shape index (κ2) is 5.43. The summed E-state index contributed by atoms with van der Waals surface area (Å²) in [6, 6.07) is 8.06. The number of thiophene rings is 1. The number of nitrogens with zero attached hydrogens (tertiary/aromatic N) is 1. The summed E-state index contributed by atoms with van der Waals surface area (Å²) >= 11 is 8.16. The lowest BCUT2D eigenvalue weighted by Gasteiger charge is -2.14. The van der Waals surface area contributed by atoms with Gasteiger partial charge in [-0.2, -0.15) is 0 Å². The smallest absolute Gasteiger partial charge is 0.0981 e. The van der Waals surface area contributed by atoms with Gasteiger partial charge >= 0.3 is 0 Å². The lowest BCUT2D eigenvalue weighted by Crippen LogP contribution is -2.09. The second-order valence-corrected chi connectivity index (χ2v) is 6.39. The molecule has 2 nitrogen and oxygen atoms in total. The number of hydrogen-bond acceptors (Lipinski definition) is 3. The van der Waals surface area contributed by atoms with Gasteiger partial charge in [-0.05, 0) is 31.6 Å². The Morgan fingerprint density at radius 2 is 2.05 bits per heavy atom. The van der Waals surface area contributed by atoms with E-state index in [1.54, 1.807) is 17.7 Å². The highest BCUT2D eigenvalue weighted by Crippen LogP contribution is 2.43. The van der Waals surface area contributed by atoms with Crippen molar-refractivity contribution >= 4 is 29.3 Å². The van der Waals surface area contributed by atoms with E-state index in [1.807, 2.05) is 24.4 Å².